The molecule has 0 amide bonds. The molecular weight excluding hydrogens is 360 g/mol. The van der Waals surface area contributed by atoms with Crippen LogP contribution >= 0.6 is 11.8 Å². The average Bonchev–Trinajstić information content (AvgIpc) is 3.11. The summed E-state index contributed by atoms with van der Waals surface area (Å²) in [5, 5.41) is 9.38. The second kappa shape index (κ2) is 7.90. The first-order chi connectivity index (χ1) is 12.0. The van der Waals surface area contributed by atoms with Crippen molar-refractivity contribution in [1.82, 2.24) is 0 Å². The van der Waals surface area contributed by atoms with Crippen LogP contribution in [-0.4, -0.2) is 32.9 Å². The van der Waals surface area contributed by atoms with Gasteiger partial charge in [-0.15, -0.1) is 0 Å². The van der Waals surface area contributed by atoms with E-state index in [0.29, 0.717) is 4.90 Å². The molecule has 1 unspecified atom stereocenters. The third-order valence-corrected chi connectivity index (χ3v) is 5.45. The predicted octanol–water partition coefficient (Wildman–Crippen LogP) is 3.34. The molecule has 2 aromatic carbocycles. The summed E-state index contributed by atoms with van der Waals surface area (Å²) in [6.45, 7) is 1.65. The molecule has 2 N–H and O–H groups in total. The fraction of sp³-hybridized carbons (Fsp3) is 0.235. The molecule has 1 aliphatic heterocycles. The van der Waals surface area contributed by atoms with Gasteiger partial charge in [-0.25, -0.2) is 4.79 Å². The molecule has 2 aromatic rings. The Morgan fingerprint density at radius 1 is 1.20 bits per heavy atom. The first-order valence-corrected chi connectivity index (χ1v) is 9.69. The number of nitrogens with one attached hydrogen (secondary N) is 1. The number of rotatable bonds is 6. The molecule has 3 rings (SSSR count). The molecule has 132 valence electrons. The molecule has 0 radical (unpaired) electrons. The first-order valence-electron chi connectivity index (χ1n) is 7.79. The van der Waals surface area contributed by atoms with E-state index in [0.717, 1.165) is 36.5 Å². The number of benzene rings is 2. The third-order valence-electron chi connectivity index (χ3n) is 3.92. The molecule has 1 aliphatic rings. The van der Waals surface area contributed by atoms with Gasteiger partial charge in [0, 0.05) is 29.3 Å². The molecule has 8 heteroatoms. The van der Waals surface area contributed by atoms with Crippen molar-refractivity contribution in [2.24, 2.45) is 0 Å². The number of aromatic carboxylic acids is 1. The van der Waals surface area contributed by atoms with Crippen molar-refractivity contribution in [3.8, 4) is 0 Å². The smallest absolute Gasteiger partial charge is 0.335 e. The number of hydrogen-bond acceptors (Lipinski definition) is 5. The van der Waals surface area contributed by atoms with Crippen LogP contribution in [0.3, 0.4) is 0 Å². The van der Waals surface area contributed by atoms with Crippen LogP contribution in [0.2, 0.25) is 0 Å². The van der Waals surface area contributed by atoms with Crippen LogP contribution in [0, 0.1) is 0 Å². The van der Waals surface area contributed by atoms with Crippen LogP contribution in [0.5, 0.6) is 0 Å². The maximum atomic E-state index is 11.5. The van der Waals surface area contributed by atoms with Gasteiger partial charge < -0.3 is 19.3 Å². The summed E-state index contributed by atoms with van der Waals surface area (Å²) < 4.78 is 24.8. The number of anilines is 2. The molecule has 1 fully saturated rings. The zero-order valence-corrected chi connectivity index (χ0v) is 14.9. The average molecular weight is 377 g/mol. The summed E-state index contributed by atoms with van der Waals surface area (Å²) in [6, 6.07) is 12.6. The number of carboxylic acids is 1. The first kappa shape index (κ1) is 17.8. The number of hydrogen-bond donors (Lipinski definition) is 2. The zero-order valence-electron chi connectivity index (χ0n) is 13.3. The van der Waals surface area contributed by atoms with Crippen molar-refractivity contribution >= 4 is 40.4 Å². The van der Waals surface area contributed by atoms with Gasteiger partial charge in [0.2, 0.25) is 0 Å². The molecule has 0 saturated carbocycles. The minimum Gasteiger partial charge on any atom is -0.755 e. The van der Waals surface area contributed by atoms with Crippen molar-refractivity contribution < 1.29 is 18.7 Å². The van der Waals surface area contributed by atoms with Crippen molar-refractivity contribution in [1.29, 1.82) is 0 Å². The van der Waals surface area contributed by atoms with Crippen molar-refractivity contribution in [2.45, 2.75) is 22.6 Å². The van der Waals surface area contributed by atoms with Gasteiger partial charge in [-0.1, -0.05) is 30.0 Å². The number of nitrogens with zero attached hydrogens (tertiary/aromatic N) is 1. The van der Waals surface area contributed by atoms with E-state index < -0.39 is 17.2 Å². The van der Waals surface area contributed by atoms with Crippen molar-refractivity contribution in [3.63, 3.8) is 0 Å². The monoisotopic (exact) mass is 377 g/mol. The van der Waals surface area contributed by atoms with E-state index in [4.69, 9.17) is 0 Å². The molecule has 25 heavy (non-hydrogen) atoms. The van der Waals surface area contributed by atoms with Crippen molar-refractivity contribution in [2.75, 3.05) is 22.7 Å². The second-order valence-corrected chi connectivity index (χ2v) is 7.38. The van der Waals surface area contributed by atoms with Crippen LogP contribution in [-0.2, 0) is 11.3 Å². The lowest BCUT2D eigenvalue weighted by Gasteiger charge is -2.25. The van der Waals surface area contributed by atoms with Crippen molar-refractivity contribution in [3.05, 3.63) is 48.0 Å². The third kappa shape index (κ3) is 4.33. The van der Waals surface area contributed by atoms with Gasteiger partial charge in [0.15, 0.2) is 0 Å². The normalized spacial score (nSPS) is 15.2. The highest BCUT2D eigenvalue weighted by Gasteiger charge is 2.22. The lowest BCUT2D eigenvalue weighted by molar-refractivity contribution is 0.0697. The van der Waals surface area contributed by atoms with Gasteiger partial charge in [0.1, 0.15) is 0 Å². The SMILES string of the molecule is O=C(O)c1cc(NS(=O)[O-])c(Sc2ccccc2)c(N2CCCC2)c1. The molecule has 1 saturated heterocycles. The Bertz CT molecular complexity index is 793. The number of carbonyl (C=O) groups is 1. The van der Waals surface area contributed by atoms with Crippen LogP contribution in [0.15, 0.2) is 52.3 Å². The molecule has 1 heterocycles. The summed E-state index contributed by atoms with van der Waals surface area (Å²) in [6.07, 6.45) is 2.06. The fourth-order valence-electron chi connectivity index (χ4n) is 2.81. The molecule has 1 atom stereocenters. The van der Waals surface area contributed by atoms with E-state index in [2.05, 4.69) is 9.62 Å². The van der Waals surface area contributed by atoms with Crippen LogP contribution in [0.4, 0.5) is 11.4 Å². The Hall–Kier alpha value is -2.03. The predicted molar refractivity (Wildman–Crippen MR) is 98.0 cm³/mol. The van der Waals surface area contributed by atoms with Gasteiger partial charge in [-0.3, -0.25) is 4.21 Å². The van der Waals surface area contributed by atoms with Gasteiger partial charge in [0.25, 0.3) is 0 Å². The Balaban J connectivity index is 2.12. The molecule has 6 nitrogen and oxygen atoms in total. The molecule has 0 aromatic heterocycles. The molecular formula is C17H17N2O4S2-. The fourth-order valence-corrected chi connectivity index (χ4v) is 4.26. The summed E-state index contributed by atoms with van der Waals surface area (Å²) in [5.41, 5.74) is 1.09. The molecule has 0 bridgehead atoms. The maximum absolute atomic E-state index is 11.5. The Morgan fingerprint density at radius 3 is 2.48 bits per heavy atom. The van der Waals surface area contributed by atoms with E-state index in [1.165, 1.54) is 17.8 Å². The van der Waals surface area contributed by atoms with Gasteiger partial charge in [-0.2, -0.15) is 0 Å². The van der Waals surface area contributed by atoms with E-state index in [-0.39, 0.29) is 11.3 Å². The van der Waals surface area contributed by atoms with Gasteiger partial charge >= 0.3 is 5.97 Å². The van der Waals surface area contributed by atoms with E-state index in [9.17, 15) is 18.7 Å². The van der Waals surface area contributed by atoms with Crippen LogP contribution in [0.25, 0.3) is 0 Å². The summed E-state index contributed by atoms with van der Waals surface area (Å²) >= 11 is -1.12. The van der Waals surface area contributed by atoms with Crippen LogP contribution in [0.1, 0.15) is 23.2 Å². The Kier molecular flexibility index (Phi) is 5.62. The summed E-state index contributed by atoms with van der Waals surface area (Å²) in [5.74, 6) is -1.09. The van der Waals surface area contributed by atoms with Crippen LogP contribution < -0.4 is 9.62 Å². The minimum atomic E-state index is -2.54. The van der Waals surface area contributed by atoms with E-state index >= 15 is 0 Å². The van der Waals surface area contributed by atoms with E-state index in [1.54, 1.807) is 6.07 Å². The second-order valence-electron chi connectivity index (χ2n) is 5.62. The molecule has 0 spiro atoms. The van der Waals surface area contributed by atoms with Gasteiger partial charge in [-0.05, 0) is 37.1 Å². The zero-order chi connectivity index (χ0) is 17.8. The highest BCUT2D eigenvalue weighted by Crippen LogP contribution is 2.43. The standard InChI is InChI=1S/C17H18N2O4S2/c20-17(21)12-10-14(18-25(22)23)16(24-13-6-2-1-3-7-13)15(11-12)19-8-4-5-9-19/h1-3,6-7,10-11,18H,4-5,8-9H2,(H,20,21)(H,22,23)/p-1. The highest BCUT2D eigenvalue weighted by molar-refractivity contribution is 7.99. The lowest BCUT2D eigenvalue weighted by Crippen LogP contribution is -2.20. The highest BCUT2D eigenvalue weighted by atomic mass is 32.2. The number of carboxylic acid groups (broad SMARTS) is 1. The topological polar surface area (TPSA) is 92.7 Å². The van der Waals surface area contributed by atoms with E-state index in [1.807, 2.05) is 30.3 Å². The Labute approximate surface area is 152 Å². The molecule has 0 aliphatic carbocycles. The maximum Gasteiger partial charge on any atom is 0.335 e. The lowest BCUT2D eigenvalue weighted by atomic mass is 10.1. The largest absolute Gasteiger partial charge is 0.755 e. The van der Waals surface area contributed by atoms with Gasteiger partial charge in [0.05, 0.1) is 21.8 Å². The quantitative estimate of drug-likeness (QED) is 0.750. The summed E-state index contributed by atoms with van der Waals surface area (Å²) in [4.78, 5) is 15.2. The summed E-state index contributed by atoms with van der Waals surface area (Å²) in [7, 11) is 0. The minimum absolute atomic E-state index is 0.0623. The Morgan fingerprint density at radius 2 is 1.88 bits per heavy atom.